The third kappa shape index (κ3) is 4.84. The normalized spacial score (nSPS) is 21.1. The Morgan fingerprint density at radius 1 is 1.00 bits per heavy atom. The van der Waals surface area contributed by atoms with Gasteiger partial charge in [-0.15, -0.1) is 0 Å². The molecular weight excluding hydrogens is 451 g/mol. The van der Waals surface area contributed by atoms with Gasteiger partial charge in [0.1, 0.15) is 6.04 Å². The molecule has 2 aliphatic heterocycles. The van der Waals surface area contributed by atoms with Crippen LogP contribution in [0.5, 0.6) is 0 Å². The molecule has 0 radical (unpaired) electrons. The standard InChI is InChI=1S/C23H24Cl2N4O3/c1-2-32-22(31)19-20(15-3-5-16(24)6-4-15)26-23(27-21(19)30)29-13-11-28(12-14-29)18-9-7-17(25)8-10-18/h3-10,19-20H,2,11-14H2,1H3,(H,26,27,30)/t19-,20-/m0/s1. The second kappa shape index (κ2) is 9.79. The van der Waals surface area contributed by atoms with Crippen LogP contribution >= 0.6 is 23.2 Å². The van der Waals surface area contributed by atoms with Crippen molar-refractivity contribution in [3.05, 3.63) is 64.1 Å². The molecule has 168 valence electrons. The van der Waals surface area contributed by atoms with Gasteiger partial charge in [-0.1, -0.05) is 35.3 Å². The number of rotatable bonds is 4. The number of carbonyl (C=O) groups is 2. The molecule has 0 bridgehead atoms. The first-order valence-corrected chi connectivity index (χ1v) is 11.3. The van der Waals surface area contributed by atoms with Crippen molar-refractivity contribution in [1.29, 1.82) is 0 Å². The van der Waals surface area contributed by atoms with E-state index in [1.807, 2.05) is 29.2 Å². The van der Waals surface area contributed by atoms with Crippen LogP contribution in [0.2, 0.25) is 10.0 Å². The first kappa shape index (κ1) is 22.4. The predicted octanol–water partition coefficient (Wildman–Crippen LogP) is 3.52. The van der Waals surface area contributed by atoms with Crippen molar-refractivity contribution >= 4 is 46.7 Å². The quantitative estimate of drug-likeness (QED) is 0.541. The molecule has 1 fully saturated rings. The summed E-state index contributed by atoms with van der Waals surface area (Å²) in [5.74, 6) is -1.56. The van der Waals surface area contributed by atoms with Crippen molar-refractivity contribution in [1.82, 2.24) is 10.2 Å². The fourth-order valence-electron chi connectivity index (χ4n) is 3.95. The van der Waals surface area contributed by atoms with Crippen LogP contribution in [0.15, 0.2) is 53.5 Å². The van der Waals surface area contributed by atoms with Crippen molar-refractivity contribution < 1.29 is 14.3 Å². The smallest absolute Gasteiger partial charge is 0.321 e. The molecule has 0 saturated carbocycles. The van der Waals surface area contributed by atoms with Crippen LogP contribution in [-0.2, 0) is 14.3 Å². The fraction of sp³-hybridized carbons (Fsp3) is 0.348. The minimum Gasteiger partial charge on any atom is -0.465 e. The van der Waals surface area contributed by atoms with E-state index in [0.717, 1.165) is 24.3 Å². The summed E-state index contributed by atoms with van der Waals surface area (Å²) in [4.78, 5) is 34.6. The molecule has 0 unspecified atom stereocenters. The molecule has 2 aromatic rings. The van der Waals surface area contributed by atoms with E-state index in [0.29, 0.717) is 29.1 Å². The average Bonchev–Trinajstić information content (AvgIpc) is 2.80. The Kier molecular flexibility index (Phi) is 6.86. The molecule has 1 saturated heterocycles. The first-order valence-electron chi connectivity index (χ1n) is 10.5. The summed E-state index contributed by atoms with van der Waals surface area (Å²) in [5, 5.41) is 4.10. The number of carbonyl (C=O) groups excluding carboxylic acids is 2. The number of ether oxygens (including phenoxy) is 1. The third-order valence-corrected chi connectivity index (χ3v) is 6.12. The zero-order chi connectivity index (χ0) is 22.7. The maximum absolute atomic E-state index is 13.0. The van der Waals surface area contributed by atoms with Gasteiger partial charge in [0, 0.05) is 41.9 Å². The third-order valence-electron chi connectivity index (χ3n) is 5.62. The van der Waals surface area contributed by atoms with E-state index in [9.17, 15) is 9.59 Å². The summed E-state index contributed by atoms with van der Waals surface area (Å²) >= 11 is 12.0. The van der Waals surface area contributed by atoms with Gasteiger partial charge in [0.25, 0.3) is 0 Å². The lowest BCUT2D eigenvalue weighted by Crippen LogP contribution is -2.57. The Hall–Kier alpha value is -2.77. The molecule has 2 aliphatic rings. The minimum absolute atomic E-state index is 0.194. The van der Waals surface area contributed by atoms with Crippen LogP contribution in [0.4, 0.5) is 5.69 Å². The number of nitrogens with one attached hydrogen (secondary N) is 1. The van der Waals surface area contributed by atoms with E-state index in [-0.39, 0.29) is 6.61 Å². The van der Waals surface area contributed by atoms with Crippen molar-refractivity contribution in [3.63, 3.8) is 0 Å². The maximum atomic E-state index is 13.0. The Bertz CT molecular complexity index is 1000. The summed E-state index contributed by atoms with van der Waals surface area (Å²) in [6.07, 6.45) is 0. The number of aliphatic imine (C=N–C) groups is 1. The van der Waals surface area contributed by atoms with Gasteiger partial charge in [-0.05, 0) is 48.9 Å². The zero-order valence-electron chi connectivity index (χ0n) is 17.6. The number of guanidine groups is 1. The number of halogens is 2. The molecule has 2 atom stereocenters. The SMILES string of the molecule is CCOC(=O)[C@@H]1C(=O)NC(N2CCN(c3ccc(Cl)cc3)CC2)=N[C@H]1c1ccc(Cl)cc1. The monoisotopic (exact) mass is 474 g/mol. The van der Waals surface area contributed by atoms with E-state index < -0.39 is 23.8 Å². The van der Waals surface area contributed by atoms with E-state index in [1.54, 1.807) is 31.2 Å². The van der Waals surface area contributed by atoms with Gasteiger partial charge in [-0.25, -0.2) is 4.99 Å². The van der Waals surface area contributed by atoms with Crippen molar-refractivity contribution in [2.24, 2.45) is 10.9 Å². The zero-order valence-corrected chi connectivity index (χ0v) is 19.1. The molecule has 1 N–H and O–H groups in total. The first-order chi connectivity index (χ1) is 15.5. The lowest BCUT2D eigenvalue weighted by molar-refractivity contribution is -0.153. The number of piperazine rings is 1. The molecule has 0 aromatic heterocycles. The largest absolute Gasteiger partial charge is 0.465 e. The highest BCUT2D eigenvalue weighted by atomic mass is 35.5. The molecule has 2 heterocycles. The van der Waals surface area contributed by atoms with Gasteiger partial charge in [-0.2, -0.15) is 0 Å². The summed E-state index contributed by atoms with van der Waals surface area (Å²) in [6.45, 7) is 4.80. The molecule has 0 spiro atoms. The van der Waals surface area contributed by atoms with Crippen molar-refractivity contribution in [2.75, 3.05) is 37.7 Å². The minimum atomic E-state index is -1.05. The molecule has 0 aliphatic carbocycles. The Morgan fingerprint density at radius 2 is 1.56 bits per heavy atom. The summed E-state index contributed by atoms with van der Waals surface area (Å²) in [6, 6.07) is 14.1. The van der Waals surface area contributed by atoms with E-state index in [2.05, 4.69) is 10.2 Å². The van der Waals surface area contributed by atoms with Crippen LogP contribution in [-0.4, -0.2) is 55.5 Å². The van der Waals surface area contributed by atoms with Gasteiger partial charge in [-0.3, -0.25) is 14.9 Å². The number of hydrogen-bond donors (Lipinski definition) is 1. The molecule has 2 aromatic carbocycles. The highest BCUT2D eigenvalue weighted by Crippen LogP contribution is 2.32. The Morgan fingerprint density at radius 3 is 2.16 bits per heavy atom. The number of benzene rings is 2. The van der Waals surface area contributed by atoms with E-state index >= 15 is 0 Å². The average molecular weight is 475 g/mol. The van der Waals surface area contributed by atoms with Gasteiger partial charge < -0.3 is 14.5 Å². The van der Waals surface area contributed by atoms with Gasteiger partial charge in [0.05, 0.1) is 6.61 Å². The fourth-order valence-corrected chi connectivity index (χ4v) is 4.21. The molecule has 7 nitrogen and oxygen atoms in total. The lowest BCUT2D eigenvalue weighted by Gasteiger charge is -2.39. The number of hydrogen-bond acceptors (Lipinski definition) is 6. The van der Waals surface area contributed by atoms with Gasteiger partial charge in [0.2, 0.25) is 11.9 Å². The van der Waals surface area contributed by atoms with Gasteiger partial charge >= 0.3 is 5.97 Å². The number of esters is 1. The maximum Gasteiger partial charge on any atom is 0.321 e. The van der Waals surface area contributed by atoms with Crippen LogP contribution in [0.1, 0.15) is 18.5 Å². The molecular formula is C23H24Cl2N4O3. The number of amides is 1. The van der Waals surface area contributed by atoms with E-state index in [4.69, 9.17) is 32.9 Å². The van der Waals surface area contributed by atoms with Crippen molar-refractivity contribution in [3.8, 4) is 0 Å². The Balaban J connectivity index is 1.55. The number of anilines is 1. The molecule has 4 rings (SSSR count). The van der Waals surface area contributed by atoms with E-state index in [1.165, 1.54) is 0 Å². The van der Waals surface area contributed by atoms with Crippen LogP contribution in [0, 0.1) is 5.92 Å². The summed E-state index contributed by atoms with van der Waals surface area (Å²) in [7, 11) is 0. The van der Waals surface area contributed by atoms with Gasteiger partial charge in [0.15, 0.2) is 5.92 Å². The highest BCUT2D eigenvalue weighted by Gasteiger charge is 2.42. The van der Waals surface area contributed by atoms with Crippen LogP contribution in [0.25, 0.3) is 0 Å². The van der Waals surface area contributed by atoms with Crippen molar-refractivity contribution in [2.45, 2.75) is 13.0 Å². The molecule has 32 heavy (non-hydrogen) atoms. The number of nitrogens with zero attached hydrogens (tertiary/aromatic N) is 3. The van der Waals surface area contributed by atoms with Crippen LogP contribution in [0.3, 0.4) is 0 Å². The highest BCUT2D eigenvalue weighted by molar-refractivity contribution is 6.30. The second-order valence-corrected chi connectivity index (χ2v) is 8.49. The summed E-state index contributed by atoms with van der Waals surface area (Å²) in [5.41, 5.74) is 1.84. The molecule has 1 amide bonds. The summed E-state index contributed by atoms with van der Waals surface area (Å²) < 4.78 is 5.15. The van der Waals surface area contributed by atoms with Crippen LogP contribution < -0.4 is 10.2 Å². The predicted molar refractivity (Wildman–Crippen MR) is 125 cm³/mol. The lowest BCUT2D eigenvalue weighted by atomic mass is 9.91. The molecule has 9 heteroatoms. The second-order valence-electron chi connectivity index (χ2n) is 7.62. The topological polar surface area (TPSA) is 74.2 Å². The Labute approximate surface area is 196 Å².